The summed E-state index contributed by atoms with van der Waals surface area (Å²) in [5.41, 5.74) is 2.31. The van der Waals surface area contributed by atoms with Crippen LogP contribution in [0.15, 0.2) is 24.4 Å². The van der Waals surface area contributed by atoms with Gasteiger partial charge in [0.2, 0.25) is 5.91 Å². The molecule has 6 unspecified atom stereocenters. The fourth-order valence-electron chi connectivity index (χ4n) is 8.61. The molecule has 4 aliphatic carbocycles. The number of fused-ring (bicyclic) bond motifs is 3. The number of nitrogens with zero attached hydrogens (tertiary/aromatic N) is 4. The predicted molar refractivity (Wildman–Crippen MR) is 146 cm³/mol. The van der Waals surface area contributed by atoms with Crippen molar-refractivity contribution in [3.63, 3.8) is 0 Å². The first kappa shape index (κ1) is 25.1. The Balaban J connectivity index is 1.01. The van der Waals surface area contributed by atoms with Crippen LogP contribution in [0.25, 0.3) is 5.65 Å². The number of pyridine rings is 1. The van der Waals surface area contributed by atoms with Crippen LogP contribution in [0.2, 0.25) is 0 Å². The van der Waals surface area contributed by atoms with E-state index in [9.17, 15) is 14.4 Å². The van der Waals surface area contributed by atoms with Gasteiger partial charge in [-0.1, -0.05) is 6.07 Å². The molecule has 2 aromatic rings. The number of amides is 3. The average Bonchev–Trinajstić information content (AvgIpc) is 3.76. The van der Waals surface area contributed by atoms with Gasteiger partial charge < -0.3 is 20.4 Å². The molecule has 1 saturated heterocycles. The lowest BCUT2D eigenvalue weighted by molar-refractivity contribution is -0.126. The molecule has 1 spiro atoms. The van der Waals surface area contributed by atoms with Gasteiger partial charge in [0.15, 0.2) is 0 Å². The maximum atomic E-state index is 13.4. The Morgan fingerprint density at radius 2 is 2.03 bits per heavy atom. The van der Waals surface area contributed by atoms with Gasteiger partial charge in [-0.15, -0.1) is 0 Å². The SMILES string of the molecule is CN(C)CCNC(=O)C1CCCN(C(=O)c2cn3c(C(=O)NCC45CC6CC6C6(CC6C4)C5)cccc3n2)C1. The molecule has 3 heterocycles. The minimum Gasteiger partial charge on any atom is -0.355 e. The van der Waals surface area contributed by atoms with Gasteiger partial charge in [0.25, 0.3) is 11.8 Å². The Hall–Kier alpha value is -2.94. The molecule has 5 fully saturated rings. The normalized spacial score (nSPS) is 34.0. The molecule has 6 atom stereocenters. The molecule has 4 saturated carbocycles. The second kappa shape index (κ2) is 9.04. The van der Waals surface area contributed by atoms with E-state index in [2.05, 4.69) is 15.6 Å². The van der Waals surface area contributed by atoms with E-state index in [1.165, 1.54) is 32.1 Å². The zero-order valence-corrected chi connectivity index (χ0v) is 23.1. The van der Waals surface area contributed by atoms with Crippen molar-refractivity contribution in [2.45, 2.75) is 44.9 Å². The van der Waals surface area contributed by atoms with Gasteiger partial charge in [0.1, 0.15) is 17.0 Å². The molecule has 9 heteroatoms. The van der Waals surface area contributed by atoms with Gasteiger partial charge in [-0.3, -0.25) is 18.8 Å². The molecule has 2 aromatic heterocycles. The van der Waals surface area contributed by atoms with Crippen LogP contribution in [0, 0.1) is 34.5 Å². The van der Waals surface area contributed by atoms with Crippen LogP contribution in [0.3, 0.4) is 0 Å². The maximum absolute atomic E-state index is 13.4. The van der Waals surface area contributed by atoms with Gasteiger partial charge in [0.05, 0.1) is 5.92 Å². The van der Waals surface area contributed by atoms with E-state index in [-0.39, 0.29) is 29.1 Å². The molecule has 0 radical (unpaired) electrons. The molecule has 5 aliphatic rings. The molecule has 208 valence electrons. The Labute approximate surface area is 229 Å². The molecular formula is C30H40N6O3. The summed E-state index contributed by atoms with van der Waals surface area (Å²) in [6, 6.07) is 5.45. The zero-order valence-electron chi connectivity index (χ0n) is 23.1. The highest BCUT2D eigenvalue weighted by atomic mass is 16.2. The molecule has 39 heavy (non-hydrogen) atoms. The van der Waals surface area contributed by atoms with Crippen molar-refractivity contribution < 1.29 is 14.4 Å². The molecule has 0 aromatic carbocycles. The first-order valence-corrected chi connectivity index (χ1v) is 14.7. The van der Waals surface area contributed by atoms with E-state index < -0.39 is 0 Å². The van der Waals surface area contributed by atoms with E-state index in [1.807, 2.05) is 31.1 Å². The summed E-state index contributed by atoms with van der Waals surface area (Å²) in [5, 5.41) is 6.27. The first-order valence-electron chi connectivity index (χ1n) is 14.7. The number of imidazole rings is 1. The summed E-state index contributed by atoms with van der Waals surface area (Å²) < 4.78 is 1.74. The summed E-state index contributed by atoms with van der Waals surface area (Å²) in [4.78, 5) is 47.8. The topological polar surface area (TPSA) is 99.0 Å². The summed E-state index contributed by atoms with van der Waals surface area (Å²) in [7, 11) is 3.95. The van der Waals surface area contributed by atoms with Crippen LogP contribution in [0.1, 0.15) is 65.9 Å². The number of likely N-dealkylation sites (N-methyl/N-ethyl adjacent to an activating group) is 1. The van der Waals surface area contributed by atoms with Crippen molar-refractivity contribution in [2.75, 3.05) is 46.8 Å². The van der Waals surface area contributed by atoms with Crippen LogP contribution >= 0.6 is 0 Å². The second-order valence-corrected chi connectivity index (χ2v) is 13.5. The fourth-order valence-corrected chi connectivity index (χ4v) is 8.61. The number of hydrogen-bond acceptors (Lipinski definition) is 5. The van der Waals surface area contributed by atoms with E-state index in [1.54, 1.807) is 21.6 Å². The number of hydrogen-bond donors (Lipinski definition) is 2. The number of likely N-dealkylation sites (tertiary alicyclic amines) is 1. The molecular weight excluding hydrogens is 492 g/mol. The fraction of sp³-hybridized carbons (Fsp3) is 0.667. The van der Waals surface area contributed by atoms with Crippen molar-refractivity contribution in [3.8, 4) is 0 Å². The first-order chi connectivity index (χ1) is 18.8. The van der Waals surface area contributed by atoms with E-state index >= 15 is 0 Å². The summed E-state index contributed by atoms with van der Waals surface area (Å²) >= 11 is 0. The number of carbonyl (C=O) groups is 3. The lowest BCUT2D eigenvalue weighted by Crippen LogP contribution is -2.46. The number of carbonyl (C=O) groups excluding carboxylic acids is 3. The summed E-state index contributed by atoms with van der Waals surface area (Å²) in [6.45, 7) is 3.11. The molecule has 7 rings (SSSR count). The Morgan fingerprint density at radius 1 is 1.15 bits per heavy atom. The third kappa shape index (κ3) is 4.33. The number of piperidine rings is 1. The smallest absolute Gasteiger partial charge is 0.274 e. The Kier molecular flexibility index (Phi) is 5.81. The number of nitrogens with one attached hydrogen (secondary N) is 2. The Morgan fingerprint density at radius 3 is 2.87 bits per heavy atom. The van der Waals surface area contributed by atoms with E-state index in [0.29, 0.717) is 42.1 Å². The van der Waals surface area contributed by atoms with Crippen molar-refractivity contribution in [3.05, 3.63) is 35.8 Å². The lowest BCUT2D eigenvalue weighted by Gasteiger charge is -2.36. The van der Waals surface area contributed by atoms with Gasteiger partial charge in [0, 0.05) is 38.9 Å². The number of aromatic nitrogens is 2. The lowest BCUT2D eigenvalue weighted by atomic mass is 9.71. The van der Waals surface area contributed by atoms with Gasteiger partial charge in [-0.2, -0.15) is 0 Å². The highest BCUT2D eigenvalue weighted by Gasteiger charge is 2.76. The van der Waals surface area contributed by atoms with Crippen molar-refractivity contribution in [1.29, 1.82) is 0 Å². The largest absolute Gasteiger partial charge is 0.355 e. The zero-order chi connectivity index (χ0) is 26.9. The van der Waals surface area contributed by atoms with Gasteiger partial charge >= 0.3 is 0 Å². The molecule has 3 amide bonds. The van der Waals surface area contributed by atoms with Crippen LogP contribution < -0.4 is 10.6 Å². The van der Waals surface area contributed by atoms with Crippen LogP contribution in [-0.2, 0) is 4.79 Å². The van der Waals surface area contributed by atoms with E-state index in [0.717, 1.165) is 43.7 Å². The summed E-state index contributed by atoms with van der Waals surface area (Å²) in [5.74, 6) is 2.27. The highest BCUT2D eigenvalue weighted by Crippen LogP contribution is 2.83. The van der Waals surface area contributed by atoms with Crippen LogP contribution in [-0.4, -0.2) is 83.7 Å². The summed E-state index contributed by atoms with van der Waals surface area (Å²) in [6.07, 6.45) is 9.92. The van der Waals surface area contributed by atoms with Crippen molar-refractivity contribution in [2.24, 2.45) is 34.5 Å². The van der Waals surface area contributed by atoms with Crippen molar-refractivity contribution >= 4 is 23.4 Å². The standard InChI is InChI=1S/C30H40N6O3/c1-34(2)10-8-31-26(37)19-5-4-9-35(15-19)28(39)23-16-36-24(6-3-7-25(36)33-23)27(38)32-18-29-12-20-11-22(20)30(17-29)14-21(30)13-29/h3,6-7,16,19-22H,4-5,8-15,17-18H2,1-2H3,(H,31,37)(H,32,38). The van der Waals surface area contributed by atoms with E-state index in [4.69, 9.17) is 0 Å². The maximum Gasteiger partial charge on any atom is 0.274 e. The average molecular weight is 533 g/mol. The van der Waals surface area contributed by atoms with Crippen LogP contribution in [0.4, 0.5) is 0 Å². The third-order valence-corrected chi connectivity index (χ3v) is 10.5. The molecule has 2 bridgehead atoms. The minimum absolute atomic E-state index is 0.00318. The third-order valence-electron chi connectivity index (χ3n) is 10.5. The van der Waals surface area contributed by atoms with Crippen molar-refractivity contribution in [1.82, 2.24) is 29.8 Å². The molecule has 1 aliphatic heterocycles. The molecule has 2 N–H and O–H groups in total. The van der Waals surface area contributed by atoms with Gasteiger partial charge in [-0.05, 0) is 99.8 Å². The predicted octanol–water partition coefficient (Wildman–Crippen LogP) is 2.42. The monoisotopic (exact) mass is 532 g/mol. The molecule has 9 nitrogen and oxygen atoms in total. The quantitative estimate of drug-likeness (QED) is 0.544. The second-order valence-electron chi connectivity index (χ2n) is 13.5. The number of rotatable bonds is 8. The highest BCUT2D eigenvalue weighted by molar-refractivity contribution is 5.96. The van der Waals surface area contributed by atoms with Gasteiger partial charge in [-0.25, -0.2) is 4.98 Å². The van der Waals surface area contributed by atoms with Crippen LogP contribution in [0.5, 0.6) is 0 Å². The minimum atomic E-state index is -0.214. The Bertz CT molecular complexity index is 1330.